The van der Waals surface area contributed by atoms with E-state index in [9.17, 15) is 0 Å². The van der Waals surface area contributed by atoms with E-state index >= 15 is 0 Å². The van der Waals surface area contributed by atoms with Gasteiger partial charge in [0.25, 0.3) is 0 Å². The molecule has 2 aromatic carbocycles. The van der Waals surface area contributed by atoms with Crippen molar-refractivity contribution in [2.75, 3.05) is 0 Å². The standard InChI is InChI=1S/C25H25.C8H11.C6H10.2ClH.Zr/c1-14-12-24(3,4)22-8-16-7-17-9-23-19(15(2)13-25(23,5)6)11-21(17)20(16)10-18(14)22;1-6-4-7(2)8(3)5-6;1-2-4-6-5-3-1;;;/h8-12H,7H2,1-6H3;4,6H,1-3H3;1-5H2;2*1H;/q;;;;;+2/p-2. The number of fused-ring (bicyclic) bond motifs is 5. The summed E-state index contributed by atoms with van der Waals surface area (Å²) in [4.78, 5) is 0. The van der Waals surface area contributed by atoms with Gasteiger partial charge >= 0.3 is 252 Å². The van der Waals surface area contributed by atoms with Crippen molar-refractivity contribution in [2.24, 2.45) is 5.92 Å². The van der Waals surface area contributed by atoms with E-state index in [-0.39, 0.29) is 35.6 Å². The number of hydrogen-bond donors (Lipinski definition) is 0. The summed E-state index contributed by atoms with van der Waals surface area (Å²) < 4.78 is 5.79. The third-order valence-electron chi connectivity index (χ3n) is 11.2. The molecule has 0 amide bonds. The van der Waals surface area contributed by atoms with Crippen LogP contribution in [0.5, 0.6) is 0 Å². The van der Waals surface area contributed by atoms with E-state index in [0.717, 1.165) is 6.42 Å². The summed E-state index contributed by atoms with van der Waals surface area (Å²) in [7, 11) is 0. The van der Waals surface area contributed by atoms with Gasteiger partial charge in [-0.3, -0.25) is 0 Å². The second-order valence-corrected chi connectivity index (χ2v) is 20.8. The molecule has 0 saturated heterocycles. The van der Waals surface area contributed by atoms with E-state index in [1.807, 2.05) is 9.77 Å². The Balaban J connectivity index is 0.00000176. The Morgan fingerprint density at radius 1 is 0.690 bits per heavy atom. The Kier molecular flexibility index (Phi) is 8.39. The van der Waals surface area contributed by atoms with Crippen LogP contribution < -0.4 is 24.8 Å². The molecule has 3 heteroatoms. The molecule has 5 aliphatic carbocycles. The van der Waals surface area contributed by atoms with Gasteiger partial charge in [0, 0.05) is 0 Å². The molecule has 1 saturated carbocycles. The molecule has 0 heterocycles. The predicted molar refractivity (Wildman–Crippen MR) is 171 cm³/mol. The molecule has 0 aliphatic heterocycles. The maximum Gasteiger partial charge on any atom is -1.00 e. The summed E-state index contributed by atoms with van der Waals surface area (Å²) in [6, 6.07) is 10.3. The number of allylic oxidation sites excluding steroid dienone is 8. The summed E-state index contributed by atoms with van der Waals surface area (Å²) in [5, 5.41) is 0. The Morgan fingerprint density at radius 3 is 1.88 bits per heavy atom. The van der Waals surface area contributed by atoms with E-state index in [1.165, 1.54) is 65.5 Å². The van der Waals surface area contributed by atoms with Gasteiger partial charge in [-0.2, -0.15) is 0 Å². The summed E-state index contributed by atoms with van der Waals surface area (Å²) in [6.45, 7) is 22.0. The van der Waals surface area contributed by atoms with Crippen LogP contribution in [0.15, 0.2) is 54.1 Å². The molecule has 1 fully saturated rings. The average molecular weight is 677 g/mol. The minimum absolute atomic E-state index is 0. The molecular formula is C39H46Cl2Zr. The summed E-state index contributed by atoms with van der Waals surface area (Å²) >= 11 is -2.26. The number of halogens is 2. The normalized spacial score (nSPS) is 22.4. The zero-order valence-corrected chi connectivity index (χ0v) is 31.0. The van der Waals surface area contributed by atoms with Crippen LogP contribution in [0, 0.1) is 5.92 Å². The van der Waals surface area contributed by atoms with Crippen LogP contribution >= 0.6 is 0 Å². The first-order valence-electron chi connectivity index (χ1n) is 15.8. The monoisotopic (exact) mass is 674 g/mol. The summed E-state index contributed by atoms with van der Waals surface area (Å²) in [5.41, 5.74) is 18.7. The Morgan fingerprint density at radius 2 is 1.29 bits per heavy atom. The molecule has 0 bridgehead atoms. The molecular weight excluding hydrogens is 631 g/mol. The minimum Gasteiger partial charge on any atom is -1.00 e. The molecule has 5 aliphatic rings. The van der Waals surface area contributed by atoms with Gasteiger partial charge in [-0.05, 0) is 0 Å². The van der Waals surface area contributed by atoms with Crippen LogP contribution in [-0.4, -0.2) is 3.21 Å². The van der Waals surface area contributed by atoms with Gasteiger partial charge in [-0.1, -0.05) is 0 Å². The Hall–Kier alpha value is -1.27. The molecule has 7 rings (SSSR count). The van der Waals surface area contributed by atoms with Crippen LogP contribution in [-0.2, 0) is 38.5 Å². The number of benzene rings is 2. The van der Waals surface area contributed by atoms with Gasteiger partial charge in [0.2, 0.25) is 0 Å². The molecule has 2 aromatic rings. The van der Waals surface area contributed by atoms with Gasteiger partial charge < -0.3 is 24.8 Å². The van der Waals surface area contributed by atoms with E-state index in [4.69, 9.17) is 0 Å². The molecule has 220 valence electrons. The first kappa shape index (κ1) is 32.1. The fraction of sp³-hybridized carbons (Fsp3) is 0.462. The van der Waals surface area contributed by atoms with E-state index in [2.05, 4.69) is 98.7 Å². The molecule has 0 nitrogen and oxygen atoms in total. The van der Waals surface area contributed by atoms with Gasteiger partial charge in [0.15, 0.2) is 0 Å². The minimum atomic E-state index is -2.26. The largest absolute Gasteiger partial charge is 1.00 e. The van der Waals surface area contributed by atoms with Gasteiger partial charge in [0.05, 0.1) is 0 Å². The molecule has 0 aromatic heterocycles. The zero-order valence-electron chi connectivity index (χ0n) is 27.0. The van der Waals surface area contributed by atoms with Crippen LogP contribution in [0.3, 0.4) is 0 Å². The van der Waals surface area contributed by atoms with E-state index in [0.29, 0.717) is 5.92 Å². The fourth-order valence-electron chi connectivity index (χ4n) is 9.19. The van der Waals surface area contributed by atoms with E-state index in [1.54, 1.807) is 33.4 Å². The Bertz CT molecular complexity index is 1680. The first-order chi connectivity index (χ1) is 18.9. The fourth-order valence-corrected chi connectivity index (χ4v) is 19.6. The van der Waals surface area contributed by atoms with Crippen molar-refractivity contribution in [3.63, 3.8) is 0 Å². The van der Waals surface area contributed by atoms with Crippen LogP contribution in [0.25, 0.3) is 22.3 Å². The molecule has 42 heavy (non-hydrogen) atoms. The SMILES string of the molecule is CC1=CC(C)[C]([Zr+2]([C]2=C(C)c3cc4c(cc3C2(C)C)Cc2cc3c(cc2-4)C(C)=CC3(C)C)=[C]2CCCCC2)=C1C.[Cl-].[Cl-]. The smallest absolute Gasteiger partial charge is 1.00 e. The average Bonchev–Trinajstić information content (AvgIpc) is 3.52. The molecule has 0 spiro atoms. The Labute approximate surface area is 274 Å². The van der Waals surface area contributed by atoms with Crippen molar-refractivity contribution in [1.29, 1.82) is 0 Å². The van der Waals surface area contributed by atoms with Crippen molar-refractivity contribution in [2.45, 2.75) is 112 Å². The van der Waals surface area contributed by atoms with Crippen molar-refractivity contribution >= 4 is 14.4 Å². The van der Waals surface area contributed by atoms with Gasteiger partial charge in [-0.25, -0.2) is 0 Å². The van der Waals surface area contributed by atoms with Crippen molar-refractivity contribution in [3.05, 3.63) is 87.5 Å². The maximum absolute atomic E-state index is 2.65. The predicted octanol–water partition coefficient (Wildman–Crippen LogP) is 4.61. The quantitative estimate of drug-likeness (QED) is 0.373. The van der Waals surface area contributed by atoms with Crippen LogP contribution in [0.4, 0.5) is 0 Å². The maximum atomic E-state index is 2.65. The summed E-state index contributed by atoms with van der Waals surface area (Å²) in [6.07, 6.45) is 13.1. The number of hydrogen-bond acceptors (Lipinski definition) is 0. The molecule has 1 unspecified atom stereocenters. The third-order valence-corrected chi connectivity index (χ3v) is 21.2. The second-order valence-electron chi connectivity index (χ2n) is 14.7. The summed E-state index contributed by atoms with van der Waals surface area (Å²) in [5.74, 6) is 0.614. The van der Waals surface area contributed by atoms with E-state index < -0.39 is 21.3 Å². The van der Waals surface area contributed by atoms with Crippen molar-refractivity contribution in [1.82, 2.24) is 0 Å². The number of rotatable bonds is 2. The zero-order chi connectivity index (χ0) is 28.3. The topological polar surface area (TPSA) is 0 Å². The van der Waals surface area contributed by atoms with Crippen molar-refractivity contribution < 1.29 is 46.1 Å². The van der Waals surface area contributed by atoms with Crippen molar-refractivity contribution in [3.8, 4) is 11.1 Å². The van der Waals surface area contributed by atoms with Gasteiger partial charge in [0.1, 0.15) is 0 Å². The first-order valence-corrected chi connectivity index (χ1v) is 19.5. The second kappa shape index (κ2) is 11.0. The van der Waals surface area contributed by atoms with Crippen LogP contribution in [0.1, 0.15) is 128 Å². The molecule has 0 N–H and O–H groups in total. The third kappa shape index (κ3) is 4.58. The van der Waals surface area contributed by atoms with Crippen LogP contribution in [0.2, 0.25) is 0 Å². The van der Waals surface area contributed by atoms with Gasteiger partial charge in [-0.15, -0.1) is 0 Å². The molecule has 1 atom stereocenters. The molecule has 0 radical (unpaired) electrons.